The minimum atomic E-state index is 0.773. The van der Waals surface area contributed by atoms with Gasteiger partial charge in [0.25, 0.3) is 0 Å². The van der Waals surface area contributed by atoms with Crippen molar-refractivity contribution in [3.63, 3.8) is 0 Å². The fraction of sp³-hybridized carbons (Fsp3) is 1.00. The molecule has 68 valence electrons. The van der Waals surface area contributed by atoms with Gasteiger partial charge < -0.3 is 4.90 Å². The van der Waals surface area contributed by atoms with E-state index in [1.165, 1.54) is 32.4 Å². The largest absolute Gasteiger partial charge is 0.301 e. The summed E-state index contributed by atoms with van der Waals surface area (Å²) < 4.78 is 0. The summed E-state index contributed by atoms with van der Waals surface area (Å²) in [6, 6.07) is 0.773. The van der Waals surface area contributed by atoms with E-state index in [0.29, 0.717) is 0 Å². The van der Waals surface area contributed by atoms with E-state index in [0.717, 1.165) is 6.04 Å². The first kappa shape index (κ1) is 11.0. The molecule has 1 heteroatoms. The molecule has 0 aliphatic heterocycles. The molecule has 0 aromatic heterocycles. The van der Waals surface area contributed by atoms with Gasteiger partial charge in [-0.1, -0.05) is 20.8 Å². The highest BCUT2D eigenvalue weighted by Crippen LogP contribution is 2.04. The Balaban J connectivity index is 3.66. The second-order valence-electron chi connectivity index (χ2n) is 3.29. The van der Waals surface area contributed by atoms with Crippen molar-refractivity contribution < 1.29 is 0 Å². The zero-order valence-electron chi connectivity index (χ0n) is 8.56. The second kappa shape index (κ2) is 6.66. The van der Waals surface area contributed by atoms with Crippen LogP contribution in [0.15, 0.2) is 0 Å². The highest BCUT2D eigenvalue weighted by Gasteiger charge is 2.08. The van der Waals surface area contributed by atoms with Crippen molar-refractivity contribution in [2.24, 2.45) is 0 Å². The lowest BCUT2D eigenvalue weighted by Crippen LogP contribution is -2.33. The molecular formula is C10H23N. The molecule has 0 aromatic carbocycles. The normalized spacial score (nSPS) is 13.9. The molecule has 0 fully saturated rings. The molecule has 11 heavy (non-hydrogen) atoms. The monoisotopic (exact) mass is 157 g/mol. The Bertz CT molecular complexity index is 74.9. The Labute approximate surface area is 71.8 Å². The van der Waals surface area contributed by atoms with Crippen LogP contribution in [0.4, 0.5) is 0 Å². The number of nitrogens with zero attached hydrogens (tertiary/aromatic N) is 1. The van der Waals surface area contributed by atoms with E-state index in [1.54, 1.807) is 0 Å². The van der Waals surface area contributed by atoms with Gasteiger partial charge in [0.15, 0.2) is 0 Å². The lowest BCUT2D eigenvalue weighted by Gasteiger charge is -2.27. The van der Waals surface area contributed by atoms with E-state index in [9.17, 15) is 0 Å². The van der Waals surface area contributed by atoms with Crippen LogP contribution in [0.2, 0.25) is 0 Å². The molecule has 0 aromatic rings. The van der Waals surface area contributed by atoms with Gasteiger partial charge >= 0.3 is 0 Å². The Morgan fingerprint density at radius 1 is 1.00 bits per heavy atom. The van der Waals surface area contributed by atoms with Gasteiger partial charge in [-0.2, -0.15) is 0 Å². The summed E-state index contributed by atoms with van der Waals surface area (Å²) in [5, 5.41) is 0. The first-order valence-electron chi connectivity index (χ1n) is 5.00. The van der Waals surface area contributed by atoms with Crippen LogP contribution in [0.3, 0.4) is 0 Å². The summed E-state index contributed by atoms with van der Waals surface area (Å²) in [5.41, 5.74) is 0. The summed E-state index contributed by atoms with van der Waals surface area (Å²) in [6.07, 6.45) is 3.84. The molecule has 1 nitrogen and oxygen atoms in total. The second-order valence-corrected chi connectivity index (χ2v) is 3.29. The fourth-order valence-corrected chi connectivity index (χ4v) is 1.39. The molecule has 0 aliphatic rings. The zero-order chi connectivity index (χ0) is 8.69. The Morgan fingerprint density at radius 2 is 1.45 bits per heavy atom. The van der Waals surface area contributed by atoms with Crippen molar-refractivity contribution in [3.8, 4) is 0 Å². The van der Waals surface area contributed by atoms with Crippen LogP contribution in [-0.2, 0) is 0 Å². The van der Waals surface area contributed by atoms with Crippen molar-refractivity contribution in [1.29, 1.82) is 0 Å². The topological polar surface area (TPSA) is 3.24 Å². The Hall–Kier alpha value is -0.0400. The minimum absolute atomic E-state index is 0.773. The molecule has 0 saturated carbocycles. The first-order valence-corrected chi connectivity index (χ1v) is 5.00. The Morgan fingerprint density at radius 3 is 1.73 bits per heavy atom. The van der Waals surface area contributed by atoms with Crippen molar-refractivity contribution >= 4 is 0 Å². The summed E-state index contributed by atoms with van der Waals surface area (Å²) in [7, 11) is 0. The van der Waals surface area contributed by atoms with E-state index in [1.807, 2.05) is 0 Å². The van der Waals surface area contributed by atoms with Gasteiger partial charge in [-0.3, -0.25) is 0 Å². The molecule has 0 saturated heterocycles. The van der Waals surface area contributed by atoms with Crippen molar-refractivity contribution in [2.75, 3.05) is 13.1 Å². The van der Waals surface area contributed by atoms with Crippen molar-refractivity contribution in [1.82, 2.24) is 4.90 Å². The SMILES string of the molecule is CCCN(CCC)C(C)CC. The van der Waals surface area contributed by atoms with Gasteiger partial charge in [-0.15, -0.1) is 0 Å². The van der Waals surface area contributed by atoms with Crippen LogP contribution >= 0.6 is 0 Å². The molecular weight excluding hydrogens is 134 g/mol. The third-order valence-electron chi connectivity index (χ3n) is 2.24. The molecule has 0 aliphatic carbocycles. The lowest BCUT2D eigenvalue weighted by atomic mass is 10.2. The van der Waals surface area contributed by atoms with Crippen molar-refractivity contribution in [3.05, 3.63) is 0 Å². The summed E-state index contributed by atoms with van der Waals surface area (Å²) in [5.74, 6) is 0. The quantitative estimate of drug-likeness (QED) is 0.573. The maximum atomic E-state index is 2.58. The van der Waals surface area contributed by atoms with Crippen LogP contribution in [0, 0.1) is 0 Å². The summed E-state index contributed by atoms with van der Waals surface area (Å²) in [4.78, 5) is 2.58. The van der Waals surface area contributed by atoms with Gasteiger partial charge in [0, 0.05) is 6.04 Å². The molecule has 0 amide bonds. The molecule has 0 radical (unpaired) electrons. The van der Waals surface area contributed by atoms with Crippen LogP contribution in [-0.4, -0.2) is 24.0 Å². The fourth-order valence-electron chi connectivity index (χ4n) is 1.39. The molecule has 0 N–H and O–H groups in total. The summed E-state index contributed by atoms with van der Waals surface area (Å²) >= 11 is 0. The highest BCUT2D eigenvalue weighted by atomic mass is 15.1. The van der Waals surface area contributed by atoms with E-state index in [-0.39, 0.29) is 0 Å². The standard InChI is InChI=1S/C10H23N/c1-5-8-11(9-6-2)10(4)7-3/h10H,5-9H2,1-4H3. The number of hydrogen-bond donors (Lipinski definition) is 0. The summed E-state index contributed by atoms with van der Waals surface area (Å²) in [6.45, 7) is 11.6. The van der Waals surface area contributed by atoms with Gasteiger partial charge in [0.1, 0.15) is 0 Å². The van der Waals surface area contributed by atoms with Crippen LogP contribution in [0.5, 0.6) is 0 Å². The van der Waals surface area contributed by atoms with Gasteiger partial charge in [-0.25, -0.2) is 0 Å². The molecule has 1 atom stereocenters. The van der Waals surface area contributed by atoms with Crippen LogP contribution < -0.4 is 0 Å². The van der Waals surface area contributed by atoms with Crippen LogP contribution in [0.25, 0.3) is 0 Å². The molecule has 1 unspecified atom stereocenters. The van der Waals surface area contributed by atoms with E-state index in [2.05, 4.69) is 32.6 Å². The number of rotatable bonds is 6. The molecule has 0 spiro atoms. The predicted molar refractivity (Wildman–Crippen MR) is 51.9 cm³/mol. The van der Waals surface area contributed by atoms with Gasteiger partial charge in [0.05, 0.1) is 0 Å². The maximum Gasteiger partial charge on any atom is 0.00642 e. The number of hydrogen-bond acceptors (Lipinski definition) is 1. The highest BCUT2D eigenvalue weighted by molar-refractivity contribution is 4.63. The van der Waals surface area contributed by atoms with Gasteiger partial charge in [0.2, 0.25) is 0 Å². The predicted octanol–water partition coefficient (Wildman–Crippen LogP) is 2.91. The third kappa shape index (κ3) is 4.41. The van der Waals surface area contributed by atoms with Gasteiger partial charge in [-0.05, 0) is 39.3 Å². The smallest absolute Gasteiger partial charge is 0.00642 e. The van der Waals surface area contributed by atoms with E-state index < -0.39 is 0 Å². The van der Waals surface area contributed by atoms with Crippen LogP contribution in [0.1, 0.15) is 47.0 Å². The average Bonchev–Trinajstić information content (AvgIpc) is 2.03. The average molecular weight is 157 g/mol. The van der Waals surface area contributed by atoms with E-state index in [4.69, 9.17) is 0 Å². The maximum absolute atomic E-state index is 2.58. The van der Waals surface area contributed by atoms with E-state index >= 15 is 0 Å². The minimum Gasteiger partial charge on any atom is -0.301 e. The Kier molecular flexibility index (Phi) is 6.63. The molecule has 0 bridgehead atoms. The first-order chi connectivity index (χ1) is 5.26. The third-order valence-corrected chi connectivity index (χ3v) is 2.24. The zero-order valence-corrected chi connectivity index (χ0v) is 8.56. The lowest BCUT2D eigenvalue weighted by molar-refractivity contribution is 0.204. The molecule has 0 rings (SSSR count). The molecule has 0 heterocycles. The van der Waals surface area contributed by atoms with Crippen molar-refractivity contribution in [2.45, 2.75) is 53.0 Å².